The van der Waals surface area contributed by atoms with Crippen molar-refractivity contribution < 1.29 is 8.83 Å². The molecule has 1 saturated heterocycles. The van der Waals surface area contributed by atoms with Crippen LogP contribution in [0.4, 0.5) is 0 Å². The second-order valence-corrected chi connectivity index (χ2v) is 6.90. The number of hydrogen-bond acceptors (Lipinski definition) is 5. The molecule has 0 radical (unpaired) electrons. The Kier molecular flexibility index (Phi) is 4.40. The van der Waals surface area contributed by atoms with Crippen LogP contribution < -0.4 is 0 Å². The Labute approximate surface area is 147 Å². The van der Waals surface area contributed by atoms with Crippen molar-refractivity contribution in [2.24, 2.45) is 0 Å². The quantitative estimate of drug-likeness (QED) is 0.709. The molecular formula is C20H23N3O2. The molecule has 0 aliphatic carbocycles. The molecule has 2 aromatic heterocycles. The lowest BCUT2D eigenvalue weighted by Crippen LogP contribution is -2.32. The molecular weight excluding hydrogens is 314 g/mol. The monoisotopic (exact) mass is 337 g/mol. The summed E-state index contributed by atoms with van der Waals surface area (Å²) in [5, 5.41) is 8.35. The van der Waals surface area contributed by atoms with E-state index in [1.165, 1.54) is 16.7 Å². The van der Waals surface area contributed by atoms with E-state index in [0.717, 1.165) is 38.4 Å². The number of hydrogen-bond donors (Lipinski definition) is 0. The number of likely N-dealkylation sites (tertiary alicyclic amines) is 1. The van der Waals surface area contributed by atoms with Crippen molar-refractivity contribution in [3.8, 4) is 11.7 Å². The van der Waals surface area contributed by atoms with Crippen LogP contribution in [-0.4, -0.2) is 28.2 Å². The van der Waals surface area contributed by atoms with Gasteiger partial charge in [-0.05, 0) is 63.0 Å². The van der Waals surface area contributed by atoms with Crippen molar-refractivity contribution in [2.45, 2.75) is 39.2 Å². The topological polar surface area (TPSA) is 55.3 Å². The molecule has 0 saturated carbocycles. The lowest BCUT2D eigenvalue weighted by atomic mass is 9.96. The average Bonchev–Trinajstić information content (AvgIpc) is 3.30. The third-order valence-electron chi connectivity index (χ3n) is 5.01. The normalized spacial score (nSPS) is 16.4. The molecule has 130 valence electrons. The number of aromatic nitrogens is 2. The second kappa shape index (κ2) is 6.84. The summed E-state index contributed by atoms with van der Waals surface area (Å²) < 4.78 is 11.1. The summed E-state index contributed by atoms with van der Waals surface area (Å²) in [6.07, 6.45) is 3.71. The minimum absolute atomic E-state index is 0.339. The van der Waals surface area contributed by atoms with Crippen LogP contribution in [0.1, 0.15) is 41.3 Å². The largest absolute Gasteiger partial charge is 0.459 e. The number of benzene rings is 1. The minimum atomic E-state index is 0.339. The van der Waals surface area contributed by atoms with Crippen LogP contribution in [0.2, 0.25) is 0 Å². The predicted octanol–water partition coefficient (Wildman–Crippen LogP) is 4.33. The first-order chi connectivity index (χ1) is 12.2. The summed E-state index contributed by atoms with van der Waals surface area (Å²) in [5.74, 6) is 2.17. The Morgan fingerprint density at radius 1 is 1.12 bits per heavy atom. The number of nitrogens with zero attached hydrogens (tertiary/aromatic N) is 3. The lowest BCUT2D eigenvalue weighted by Gasteiger charge is -2.30. The molecule has 0 N–H and O–H groups in total. The van der Waals surface area contributed by atoms with Gasteiger partial charge in [-0.25, -0.2) is 0 Å². The molecule has 4 rings (SSSR count). The summed E-state index contributed by atoms with van der Waals surface area (Å²) in [4.78, 5) is 2.52. The molecule has 0 amide bonds. The van der Waals surface area contributed by atoms with Crippen molar-refractivity contribution >= 4 is 0 Å². The molecule has 5 nitrogen and oxygen atoms in total. The summed E-state index contributed by atoms with van der Waals surface area (Å²) in [7, 11) is 0. The van der Waals surface area contributed by atoms with Crippen LogP contribution in [-0.2, 0) is 6.54 Å². The van der Waals surface area contributed by atoms with Gasteiger partial charge >= 0.3 is 0 Å². The summed E-state index contributed by atoms with van der Waals surface area (Å²) in [5.41, 5.74) is 4.12. The molecule has 1 aliphatic rings. The van der Waals surface area contributed by atoms with Gasteiger partial charge in [0.2, 0.25) is 5.89 Å². The lowest BCUT2D eigenvalue weighted by molar-refractivity contribution is 0.193. The first-order valence-corrected chi connectivity index (χ1v) is 8.85. The molecule has 3 aromatic rings. The molecule has 1 fully saturated rings. The minimum Gasteiger partial charge on any atom is -0.459 e. The van der Waals surface area contributed by atoms with Crippen LogP contribution >= 0.6 is 0 Å². The van der Waals surface area contributed by atoms with Gasteiger partial charge in [0.1, 0.15) is 0 Å². The highest BCUT2D eigenvalue weighted by molar-refractivity contribution is 5.42. The van der Waals surface area contributed by atoms with Gasteiger partial charge in [0, 0.05) is 12.5 Å². The molecule has 0 atom stereocenters. The van der Waals surface area contributed by atoms with Crippen LogP contribution in [0.5, 0.6) is 0 Å². The van der Waals surface area contributed by atoms with Crippen molar-refractivity contribution in [3.63, 3.8) is 0 Å². The molecule has 3 heterocycles. The van der Waals surface area contributed by atoms with Gasteiger partial charge in [0.15, 0.2) is 5.76 Å². The Balaban J connectivity index is 1.38. The number of aryl methyl sites for hydroxylation is 2. The molecule has 0 unspecified atom stereocenters. The molecule has 0 bridgehead atoms. The molecule has 5 heteroatoms. The molecule has 0 spiro atoms. The van der Waals surface area contributed by atoms with Gasteiger partial charge in [0.25, 0.3) is 5.89 Å². The zero-order valence-corrected chi connectivity index (χ0v) is 14.7. The summed E-state index contributed by atoms with van der Waals surface area (Å²) in [6, 6.07) is 10.4. The Morgan fingerprint density at radius 2 is 1.96 bits per heavy atom. The number of furan rings is 1. The van der Waals surface area contributed by atoms with E-state index in [0.29, 0.717) is 17.6 Å². The highest BCUT2D eigenvalue weighted by Gasteiger charge is 2.25. The van der Waals surface area contributed by atoms with Crippen molar-refractivity contribution in [1.82, 2.24) is 15.1 Å². The van der Waals surface area contributed by atoms with Crippen molar-refractivity contribution in [1.29, 1.82) is 0 Å². The van der Waals surface area contributed by atoms with E-state index in [1.54, 1.807) is 6.26 Å². The van der Waals surface area contributed by atoms with E-state index in [2.05, 4.69) is 47.1 Å². The SMILES string of the molecule is Cc1ccc(C)c(CN2CCC(c3nnc(-c4ccco4)o3)CC2)c1. The molecule has 1 aliphatic heterocycles. The van der Waals surface area contributed by atoms with Gasteiger partial charge in [-0.3, -0.25) is 4.90 Å². The fourth-order valence-electron chi connectivity index (χ4n) is 3.45. The van der Waals surface area contributed by atoms with Crippen LogP contribution in [0.3, 0.4) is 0 Å². The zero-order chi connectivity index (χ0) is 17.2. The van der Waals surface area contributed by atoms with Crippen molar-refractivity contribution in [2.75, 3.05) is 13.1 Å². The predicted molar refractivity (Wildman–Crippen MR) is 95.2 cm³/mol. The zero-order valence-electron chi connectivity index (χ0n) is 14.7. The maximum absolute atomic E-state index is 5.82. The van der Waals surface area contributed by atoms with Gasteiger partial charge in [-0.15, -0.1) is 10.2 Å². The van der Waals surface area contributed by atoms with E-state index < -0.39 is 0 Å². The van der Waals surface area contributed by atoms with Crippen LogP contribution in [0.15, 0.2) is 45.4 Å². The first-order valence-electron chi connectivity index (χ1n) is 8.85. The smallest absolute Gasteiger partial charge is 0.283 e. The molecule has 25 heavy (non-hydrogen) atoms. The van der Waals surface area contributed by atoms with Crippen LogP contribution in [0, 0.1) is 13.8 Å². The van der Waals surface area contributed by atoms with E-state index in [9.17, 15) is 0 Å². The van der Waals surface area contributed by atoms with Gasteiger partial charge in [0.05, 0.1) is 6.26 Å². The maximum atomic E-state index is 5.82. The Morgan fingerprint density at radius 3 is 2.72 bits per heavy atom. The molecule has 1 aromatic carbocycles. The van der Waals surface area contributed by atoms with E-state index in [1.807, 2.05) is 12.1 Å². The number of rotatable bonds is 4. The van der Waals surface area contributed by atoms with E-state index in [-0.39, 0.29) is 0 Å². The first kappa shape index (κ1) is 16.1. The Bertz CT molecular complexity index is 831. The highest BCUT2D eigenvalue weighted by atomic mass is 16.4. The maximum Gasteiger partial charge on any atom is 0.283 e. The van der Waals surface area contributed by atoms with Gasteiger partial charge in [-0.1, -0.05) is 23.8 Å². The standard InChI is InChI=1S/C20H23N3O2/c1-14-5-6-15(2)17(12-14)13-23-9-7-16(8-10-23)19-21-22-20(25-19)18-4-3-11-24-18/h3-6,11-12,16H,7-10,13H2,1-2H3. The van der Waals surface area contributed by atoms with E-state index >= 15 is 0 Å². The van der Waals surface area contributed by atoms with Crippen molar-refractivity contribution in [3.05, 3.63) is 59.2 Å². The van der Waals surface area contributed by atoms with Gasteiger partial charge < -0.3 is 8.83 Å². The highest BCUT2D eigenvalue weighted by Crippen LogP contribution is 2.30. The third kappa shape index (κ3) is 3.51. The third-order valence-corrected chi connectivity index (χ3v) is 5.01. The van der Waals surface area contributed by atoms with Gasteiger partial charge in [-0.2, -0.15) is 0 Å². The Hall–Kier alpha value is -2.40. The number of piperidine rings is 1. The van der Waals surface area contributed by atoms with E-state index in [4.69, 9.17) is 8.83 Å². The summed E-state index contributed by atoms with van der Waals surface area (Å²) >= 11 is 0. The fraction of sp³-hybridized carbons (Fsp3) is 0.400. The average molecular weight is 337 g/mol. The fourth-order valence-corrected chi connectivity index (χ4v) is 3.45. The summed E-state index contributed by atoms with van der Waals surface area (Å²) in [6.45, 7) is 7.46. The second-order valence-electron chi connectivity index (χ2n) is 6.90. The van der Waals surface area contributed by atoms with Crippen LogP contribution in [0.25, 0.3) is 11.7 Å².